The molecule has 0 fully saturated rings. The van der Waals surface area contributed by atoms with Crippen molar-refractivity contribution in [3.63, 3.8) is 0 Å². The second-order valence-electron chi connectivity index (χ2n) is 7.87. The number of methoxy groups -OCH3 is 1. The zero-order valence-corrected chi connectivity index (χ0v) is 19.5. The number of anilines is 1. The van der Waals surface area contributed by atoms with E-state index in [1.54, 1.807) is 7.11 Å². The van der Waals surface area contributed by atoms with Gasteiger partial charge in [0.05, 0.1) is 18.7 Å². The highest BCUT2D eigenvalue weighted by Crippen LogP contribution is 2.35. The zero-order chi connectivity index (χ0) is 22.3. The van der Waals surface area contributed by atoms with Gasteiger partial charge >= 0.3 is 0 Å². The smallest absolute Gasteiger partial charge is 0.233 e. The number of rotatable bonds is 8. The normalized spacial score (nSPS) is 13.0. The molecule has 4 rings (SSSR count). The number of thiocarbonyl (C=S) groups is 1. The van der Waals surface area contributed by atoms with Gasteiger partial charge in [-0.1, -0.05) is 59.8 Å². The zero-order valence-electron chi connectivity index (χ0n) is 18.7. The average molecular weight is 451 g/mol. The lowest BCUT2D eigenvalue weighted by Gasteiger charge is -2.30. The number of nitrogens with one attached hydrogen (secondary N) is 1. The summed E-state index contributed by atoms with van der Waals surface area (Å²) < 4.78 is 11.3. The molecule has 0 radical (unpaired) electrons. The van der Waals surface area contributed by atoms with Crippen LogP contribution in [0.5, 0.6) is 0 Å². The van der Waals surface area contributed by atoms with Crippen molar-refractivity contribution in [3.05, 3.63) is 71.3 Å². The van der Waals surface area contributed by atoms with Gasteiger partial charge in [-0.3, -0.25) is 0 Å². The first kappa shape index (κ1) is 22.3. The number of nitrogens with zero attached hydrogens (tertiary/aromatic N) is 3. The molecular weight excluding hydrogens is 420 g/mol. The second-order valence-corrected chi connectivity index (χ2v) is 8.26. The van der Waals surface area contributed by atoms with E-state index in [1.165, 1.54) is 11.1 Å². The van der Waals surface area contributed by atoms with Gasteiger partial charge < -0.3 is 24.4 Å². The van der Waals surface area contributed by atoms with E-state index in [0.29, 0.717) is 24.8 Å². The van der Waals surface area contributed by atoms with Gasteiger partial charge in [0.15, 0.2) is 5.11 Å². The lowest BCUT2D eigenvalue weighted by Crippen LogP contribution is -2.41. The maximum atomic E-state index is 6.00. The van der Waals surface area contributed by atoms with E-state index in [4.69, 9.17) is 21.5 Å². The molecule has 0 atom stereocenters. The lowest BCUT2D eigenvalue weighted by molar-refractivity contribution is 0.174. The Kier molecular flexibility index (Phi) is 7.39. The fourth-order valence-corrected chi connectivity index (χ4v) is 4.39. The van der Waals surface area contributed by atoms with E-state index in [0.717, 1.165) is 48.8 Å². The molecule has 0 amide bonds. The highest BCUT2D eigenvalue weighted by atomic mass is 32.1. The van der Waals surface area contributed by atoms with Gasteiger partial charge in [-0.15, -0.1) is 0 Å². The Balaban J connectivity index is 1.70. The molecule has 168 valence electrons. The predicted molar refractivity (Wildman–Crippen MR) is 132 cm³/mol. The van der Waals surface area contributed by atoms with Gasteiger partial charge in [0.2, 0.25) is 5.88 Å². The number of benzene rings is 2. The summed E-state index contributed by atoms with van der Waals surface area (Å²) in [5.74, 6) is 0.820. The van der Waals surface area contributed by atoms with E-state index in [1.807, 2.05) is 25.1 Å². The van der Waals surface area contributed by atoms with Crippen molar-refractivity contribution in [2.24, 2.45) is 0 Å². The topological polar surface area (TPSA) is 53.8 Å². The van der Waals surface area contributed by atoms with Crippen molar-refractivity contribution in [1.82, 2.24) is 15.4 Å². The van der Waals surface area contributed by atoms with Crippen LogP contribution >= 0.6 is 12.2 Å². The highest BCUT2D eigenvalue weighted by Gasteiger charge is 2.27. The Labute approximate surface area is 195 Å². The molecule has 2 aromatic carbocycles. The maximum absolute atomic E-state index is 6.00. The third-order valence-electron chi connectivity index (χ3n) is 5.76. The molecule has 1 aromatic heterocycles. The number of ether oxygens (including phenoxy) is 1. The van der Waals surface area contributed by atoms with Gasteiger partial charge in [-0.2, -0.15) is 0 Å². The molecule has 32 heavy (non-hydrogen) atoms. The SMILES string of the molecule is CCNC(=S)N(CCOC)Cc1c(-c2ccccc2)noc1N1CCc2ccccc2C1. The number of hydrogen-bond acceptors (Lipinski definition) is 5. The summed E-state index contributed by atoms with van der Waals surface area (Å²) in [6, 6.07) is 18.8. The van der Waals surface area contributed by atoms with Gasteiger partial charge in [0.25, 0.3) is 0 Å². The van der Waals surface area contributed by atoms with Crippen LogP contribution in [-0.4, -0.2) is 48.5 Å². The van der Waals surface area contributed by atoms with E-state index in [2.05, 4.69) is 56.7 Å². The van der Waals surface area contributed by atoms with Crippen LogP contribution in [0.4, 0.5) is 5.88 Å². The Morgan fingerprint density at radius 3 is 2.66 bits per heavy atom. The summed E-state index contributed by atoms with van der Waals surface area (Å²) >= 11 is 5.67. The first-order chi connectivity index (χ1) is 15.7. The first-order valence-corrected chi connectivity index (χ1v) is 11.5. The first-order valence-electron chi connectivity index (χ1n) is 11.1. The van der Waals surface area contributed by atoms with Crippen LogP contribution < -0.4 is 10.2 Å². The molecule has 0 spiro atoms. The van der Waals surface area contributed by atoms with Crippen molar-refractivity contribution >= 4 is 23.2 Å². The van der Waals surface area contributed by atoms with Crippen LogP contribution in [0.25, 0.3) is 11.3 Å². The molecule has 0 aliphatic carbocycles. The molecule has 0 bridgehead atoms. The molecule has 2 heterocycles. The number of aromatic nitrogens is 1. The summed E-state index contributed by atoms with van der Waals surface area (Å²) in [5, 5.41) is 8.50. The molecule has 0 saturated heterocycles. The summed E-state index contributed by atoms with van der Waals surface area (Å²) in [4.78, 5) is 4.42. The standard InChI is InChI=1S/C25H30N4O2S/c1-3-26-25(32)29(15-16-30-2)18-22-23(20-10-5-4-6-11-20)27-31-24(22)28-14-13-19-9-7-8-12-21(19)17-28/h4-12H,3,13-18H2,1-2H3,(H,26,32). The summed E-state index contributed by atoms with van der Waals surface area (Å²) in [6.07, 6.45) is 0.986. The van der Waals surface area contributed by atoms with Crippen LogP contribution in [0.3, 0.4) is 0 Å². The van der Waals surface area contributed by atoms with Crippen LogP contribution in [0, 0.1) is 0 Å². The Morgan fingerprint density at radius 1 is 1.16 bits per heavy atom. The number of hydrogen-bond donors (Lipinski definition) is 1. The Bertz CT molecular complexity index is 1040. The van der Waals surface area contributed by atoms with Gasteiger partial charge in [-0.25, -0.2) is 0 Å². The molecule has 6 nitrogen and oxygen atoms in total. The van der Waals surface area contributed by atoms with Gasteiger partial charge in [-0.05, 0) is 36.7 Å². The van der Waals surface area contributed by atoms with E-state index in [-0.39, 0.29) is 0 Å². The summed E-state index contributed by atoms with van der Waals surface area (Å²) in [7, 11) is 1.71. The third kappa shape index (κ3) is 4.95. The van der Waals surface area contributed by atoms with Gasteiger partial charge in [0, 0.05) is 38.9 Å². The fraction of sp³-hybridized carbons (Fsp3) is 0.360. The minimum absolute atomic E-state index is 0.587. The highest BCUT2D eigenvalue weighted by molar-refractivity contribution is 7.80. The van der Waals surface area contributed by atoms with E-state index in [9.17, 15) is 0 Å². The largest absolute Gasteiger partial charge is 0.383 e. The molecule has 3 aromatic rings. The van der Waals surface area contributed by atoms with E-state index >= 15 is 0 Å². The Morgan fingerprint density at radius 2 is 1.91 bits per heavy atom. The van der Waals surface area contributed by atoms with Crippen LogP contribution in [0.15, 0.2) is 59.1 Å². The number of fused-ring (bicyclic) bond motifs is 1. The van der Waals surface area contributed by atoms with Crippen molar-refractivity contribution in [2.45, 2.75) is 26.4 Å². The van der Waals surface area contributed by atoms with Crippen molar-refractivity contribution in [3.8, 4) is 11.3 Å². The van der Waals surface area contributed by atoms with Crippen molar-refractivity contribution in [2.75, 3.05) is 38.3 Å². The molecule has 1 aliphatic heterocycles. The molecule has 7 heteroatoms. The maximum Gasteiger partial charge on any atom is 0.233 e. The summed E-state index contributed by atoms with van der Waals surface area (Å²) in [5.41, 5.74) is 5.69. The van der Waals surface area contributed by atoms with E-state index < -0.39 is 0 Å². The fourth-order valence-electron chi connectivity index (χ4n) is 4.09. The average Bonchev–Trinajstić information content (AvgIpc) is 3.25. The van der Waals surface area contributed by atoms with Gasteiger partial charge in [0.1, 0.15) is 5.69 Å². The Hall–Kier alpha value is -2.90. The molecule has 1 N–H and O–H groups in total. The minimum Gasteiger partial charge on any atom is -0.383 e. The minimum atomic E-state index is 0.587. The molecule has 0 saturated carbocycles. The predicted octanol–water partition coefficient (Wildman–Crippen LogP) is 4.25. The van der Waals surface area contributed by atoms with Crippen LogP contribution in [0.1, 0.15) is 23.6 Å². The molecule has 1 aliphatic rings. The lowest BCUT2D eigenvalue weighted by atomic mass is 9.99. The van der Waals surface area contributed by atoms with Crippen LogP contribution in [0.2, 0.25) is 0 Å². The second kappa shape index (κ2) is 10.6. The third-order valence-corrected chi connectivity index (χ3v) is 6.16. The molecular formula is C25H30N4O2S. The monoisotopic (exact) mass is 450 g/mol. The van der Waals surface area contributed by atoms with Crippen LogP contribution in [-0.2, 0) is 24.2 Å². The van der Waals surface area contributed by atoms with Crippen molar-refractivity contribution < 1.29 is 9.26 Å². The quantitative estimate of drug-likeness (QED) is 0.515. The molecule has 0 unspecified atom stereocenters. The summed E-state index contributed by atoms with van der Waals surface area (Å²) in [6.45, 7) is 6.38. The van der Waals surface area contributed by atoms with Crippen molar-refractivity contribution in [1.29, 1.82) is 0 Å².